The molecule has 0 aliphatic carbocycles. The monoisotopic (exact) mass is 319 g/mol. The maximum absolute atomic E-state index is 13.0. The van der Waals surface area contributed by atoms with Crippen molar-refractivity contribution in [1.82, 2.24) is 15.1 Å². The zero-order valence-corrected chi connectivity index (χ0v) is 13.1. The number of amides is 2. The van der Waals surface area contributed by atoms with E-state index in [0.717, 1.165) is 31.4 Å². The molecule has 0 aromatic heterocycles. The lowest BCUT2D eigenvalue weighted by Crippen LogP contribution is -2.52. The molecule has 6 heteroatoms. The first kappa shape index (κ1) is 15.9. The van der Waals surface area contributed by atoms with Crippen LogP contribution in [0.4, 0.5) is 4.39 Å². The molecule has 0 radical (unpaired) electrons. The predicted octanol–water partition coefficient (Wildman–Crippen LogP) is 0.791. The highest BCUT2D eigenvalue weighted by atomic mass is 19.1. The van der Waals surface area contributed by atoms with Gasteiger partial charge in [-0.15, -0.1) is 0 Å². The third-order valence-corrected chi connectivity index (χ3v) is 4.61. The van der Waals surface area contributed by atoms with Crippen molar-refractivity contribution in [2.45, 2.75) is 25.3 Å². The number of carbonyl (C=O) groups is 2. The van der Waals surface area contributed by atoms with Gasteiger partial charge in [-0.1, -0.05) is 12.1 Å². The van der Waals surface area contributed by atoms with Crippen LogP contribution >= 0.6 is 0 Å². The molecule has 0 bridgehead atoms. The number of benzene rings is 1. The van der Waals surface area contributed by atoms with Crippen molar-refractivity contribution >= 4 is 11.8 Å². The number of rotatable bonds is 4. The summed E-state index contributed by atoms with van der Waals surface area (Å²) in [4.78, 5) is 27.6. The molecule has 3 rings (SSSR count). The molecule has 1 atom stereocenters. The maximum Gasteiger partial charge on any atom is 0.239 e. The summed E-state index contributed by atoms with van der Waals surface area (Å²) in [5, 5.41) is 2.73. The Labute approximate surface area is 135 Å². The van der Waals surface area contributed by atoms with Crippen molar-refractivity contribution < 1.29 is 14.0 Å². The van der Waals surface area contributed by atoms with E-state index in [4.69, 9.17) is 0 Å². The molecule has 23 heavy (non-hydrogen) atoms. The van der Waals surface area contributed by atoms with Crippen LogP contribution in [0.3, 0.4) is 0 Å². The van der Waals surface area contributed by atoms with Crippen molar-refractivity contribution in [2.24, 2.45) is 0 Å². The normalized spacial score (nSPS) is 22.2. The third-order valence-electron chi connectivity index (χ3n) is 4.61. The zero-order chi connectivity index (χ0) is 16.2. The smallest absolute Gasteiger partial charge is 0.239 e. The molecular formula is C17H22FN3O2. The van der Waals surface area contributed by atoms with Gasteiger partial charge in [0.15, 0.2) is 0 Å². The van der Waals surface area contributed by atoms with E-state index in [-0.39, 0.29) is 24.2 Å². The molecule has 2 aliphatic rings. The summed E-state index contributed by atoms with van der Waals surface area (Å²) >= 11 is 0. The standard InChI is InChI=1S/C17H22FN3O2/c18-14-5-3-13(4-6-14)10-15-2-1-8-20(15)12-17(23)21-9-7-19-16(22)11-21/h3-6,15H,1-2,7-12H2,(H,19,22)/t15-/m1/s1. The highest BCUT2D eigenvalue weighted by Gasteiger charge is 2.29. The molecule has 2 amide bonds. The maximum atomic E-state index is 13.0. The van der Waals surface area contributed by atoms with Crippen molar-refractivity contribution in [3.8, 4) is 0 Å². The van der Waals surface area contributed by atoms with Gasteiger partial charge in [0.1, 0.15) is 5.82 Å². The number of carbonyl (C=O) groups excluding carboxylic acids is 2. The van der Waals surface area contributed by atoms with E-state index in [1.54, 1.807) is 4.90 Å². The van der Waals surface area contributed by atoms with Crippen LogP contribution in [0.15, 0.2) is 24.3 Å². The molecule has 5 nitrogen and oxygen atoms in total. The van der Waals surface area contributed by atoms with E-state index in [1.807, 2.05) is 12.1 Å². The zero-order valence-electron chi connectivity index (χ0n) is 13.1. The highest BCUT2D eigenvalue weighted by Crippen LogP contribution is 2.21. The van der Waals surface area contributed by atoms with E-state index in [2.05, 4.69) is 10.2 Å². The molecule has 2 fully saturated rings. The summed E-state index contributed by atoms with van der Waals surface area (Å²) in [6.45, 7) is 2.54. The summed E-state index contributed by atoms with van der Waals surface area (Å²) in [5.41, 5.74) is 1.09. The van der Waals surface area contributed by atoms with Crippen LogP contribution in [0.1, 0.15) is 18.4 Å². The minimum atomic E-state index is -0.226. The van der Waals surface area contributed by atoms with E-state index in [1.165, 1.54) is 12.1 Å². The van der Waals surface area contributed by atoms with Gasteiger partial charge >= 0.3 is 0 Å². The molecule has 2 saturated heterocycles. The van der Waals surface area contributed by atoms with Crippen molar-refractivity contribution in [3.63, 3.8) is 0 Å². The minimum absolute atomic E-state index is 0.0193. The third kappa shape index (κ3) is 4.07. The van der Waals surface area contributed by atoms with Crippen molar-refractivity contribution in [3.05, 3.63) is 35.6 Å². The number of hydrogen-bond donors (Lipinski definition) is 1. The molecule has 0 spiro atoms. The quantitative estimate of drug-likeness (QED) is 0.893. The fraction of sp³-hybridized carbons (Fsp3) is 0.529. The van der Waals surface area contributed by atoms with E-state index >= 15 is 0 Å². The molecule has 2 heterocycles. The number of nitrogens with one attached hydrogen (secondary N) is 1. The Morgan fingerprint density at radius 2 is 2.04 bits per heavy atom. The van der Waals surface area contributed by atoms with Gasteiger partial charge in [0.2, 0.25) is 11.8 Å². The largest absolute Gasteiger partial charge is 0.353 e. The summed E-state index contributed by atoms with van der Waals surface area (Å²) < 4.78 is 13.0. The van der Waals surface area contributed by atoms with Gasteiger partial charge in [-0.2, -0.15) is 0 Å². The summed E-state index contributed by atoms with van der Waals surface area (Å²) in [7, 11) is 0. The van der Waals surface area contributed by atoms with Crippen LogP contribution in [0, 0.1) is 5.82 Å². The Balaban J connectivity index is 1.57. The van der Waals surface area contributed by atoms with E-state index < -0.39 is 0 Å². The topological polar surface area (TPSA) is 52.7 Å². The highest BCUT2D eigenvalue weighted by molar-refractivity contribution is 5.86. The van der Waals surface area contributed by atoms with Crippen molar-refractivity contribution in [2.75, 3.05) is 32.7 Å². The Morgan fingerprint density at radius 3 is 2.78 bits per heavy atom. The van der Waals surface area contributed by atoms with Crippen LogP contribution in [0.2, 0.25) is 0 Å². The number of piperazine rings is 1. The first-order valence-electron chi connectivity index (χ1n) is 8.15. The average Bonchev–Trinajstić information content (AvgIpc) is 2.96. The first-order valence-corrected chi connectivity index (χ1v) is 8.15. The van der Waals surface area contributed by atoms with E-state index in [0.29, 0.717) is 25.7 Å². The van der Waals surface area contributed by atoms with Crippen LogP contribution < -0.4 is 5.32 Å². The van der Waals surface area contributed by atoms with Gasteiger partial charge < -0.3 is 10.2 Å². The van der Waals surface area contributed by atoms with Crippen LogP contribution in [-0.4, -0.2) is 60.4 Å². The Hall–Kier alpha value is -1.95. The fourth-order valence-electron chi connectivity index (χ4n) is 3.35. The summed E-state index contributed by atoms with van der Waals surface area (Å²) in [6.07, 6.45) is 2.94. The van der Waals surface area contributed by atoms with E-state index in [9.17, 15) is 14.0 Å². The predicted molar refractivity (Wildman–Crippen MR) is 84.3 cm³/mol. The van der Waals surface area contributed by atoms with Gasteiger partial charge in [-0.25, -0.2) is 4.39 Å². The fourth-order valence-corrected chi connectivity index (χ4v) is 3.35. The molecule has 2 aliphatic heterocycles. The molecule has 0 unspecified atom stereocenters. The van der Waals surface area contributed by atoms with Gasteiger partial charge in [0.05, 0.1) is 13.1 Å². The minimum Gasteiger partial charge on any atom is -0.353 e. The van der Waals surface area contributed by atoms with Crippen LogP contribution in [0.5, 0.6) is 0 Å². The SMILES string of the molecule is O=C1CN(C(=O)CN2CCC[C@@H]2Cc2ccc(F)cc2)CCN1. The number of halogens is 1. The van der Waals surface area contributed by atoms with Gasteiger partial charge in [0.25, 0.3) is 0 Å². The second kappa shape index (κ2) is 7.08. The van der Waals surface area contributed by atoms with Gasteiger partial charge in [-0.3, -0.25) is 14.5 Å². The first-order chi connectivity index (χ1) is 11.1. The summed E-state index contributed by atoms with van der Waals surface area (Å²) in [6, 6.07) is 6.88. The molecule has 0 saturated carbocycles. The molecule has 1 aromatic rings. The van der Waals surface area contributed by atoms with Crippen molar-refractivity contribution in [1.29, 1.82) is 0 Å². The Kier molecular flexibility index (Phi) is 4.91. The Morgan fingerprint density at radius 1 is 1.26 bits per heavy atom. The number of likely N-dealkylation sites (tertiary alicyclic amines) is 1. The van der Waals surface area contributed by atoms with Gasteiger partial charge in [0, 0.05) is 19.1 Å². The van der Waals surface area contributed by atoms with Gasteiger partial charge in [-0.05, 0) is 43.5 Å². The lowest BCUT2D eigenvalue weighted by atomic mass is 10.0. The lowest BCUT2D eigenvalue weighted by molar-refractivity contribution is -0.139. The number of nitrogens with zero attached hydrogens (tertiary/aromatic N) is 2. The van der Waals surface area contributed by atoms with Crippen LogP contribution in [-0.2, 0) is 16.0 Å². The lowest BCUT2D eigenvalue weighted by Gasteiger charge is -2.30. The molecule has 124 valence electrons. The van der Waals surface area contributed by atoms with Crippen LogP contribution in [0.25, 0.3) is 0 Å². The molecule has 1 aromatic carbocycles. The summed E-state index contributed by atoms with van der Waals surface area (Å²) in [5.74, 6) is -0.296. The second-order valence-corrected chi connectivity index (χ2v) is 6.26. The number of hydrogen-bond acceptors (Lipinski definition) is 3. The Bertz CT molecular complexity index is 576. The average molecular weight is 319 g/mol. The molecule has 1 N–H and O–H groups in total. The second-order valence-electron chi connectivity index (χ2n) is 6.26. The molecular weight excluding hydrogens is 297 g/mol.